The van der Waals surface area contributed by atoms with Gasteiger partial charge in [-0.2, -0.15) is 5.26 Å². The second-order valence-electron chi connectivity index (χ2n) is 5.94. The molecule has 2 aromatic carbocycles. The van der Waals surface area contributed by atoms with E-state index in [0.717, 1.165) is 33.6 Å². The first kappa shape index (κ1) is 21.5. The molecule has 0 aliphatic heterocycles. The molecule has 0 spiro atoms. The molecule has 3 aromatic rings. The summed E-state index contributed by atoms with van der Waals surface area (Å²) in [5.74, 6) is 0.758. The molecular weight excluding hydrogens is 370 g/mol. The number of fused-ring (bicyclic) bond motifs is 1. The number of aryl methyl sites for hydroxylation is 1. The molecular formula is C22H27N3O2S. The Morgan fingerprint density at radius 1 is 1.18 bits per heavy atom. The van der Waals surface area contributed by atoms with Crippen LogP contribution in [-0.2, 0) is 18.0 Å². The molecule has 1 atom stereocenters. The van der Waals surface area contributed by atoms with Crippen LogP contribution in [-0.4, -0.2) is 28.7 Å². The Morgan fingerprint density at radius 3 is 2.32 bits per heavy atom. The van der Waals surface area contributed by atoms with Gasteiger partial charge >= 0.3 is 0 Å². The van der Waals surface area contributed by atoms with Crippen LogP contribution in [0.15, 0.2) is 42.5 Å². The topological polar surface area (TPSA) is 58.3 Å². The second-order valence-corrected chi connectivity index (χ2v) is 7.23. The molecule has 0 aliphatic rings. The van der Waals surface area contributed by atoms with Gasteiger partial charge in [0.25, 0.3) is 0 Å². The van der Waals surface area contributed by atoms with E-state index < -0.39 is 11.0 Å². The van der Waals surface area contributed by atoms with Gasteiger partial charge < -0.3 is 9.30 Å². The number of aromatic nitrogens is 1. The van der Waals surface area contributed by atoms with Crippen LogP contribution in [0.5, 0.6) is 5.75 Å². The number of ether oxygens (including phenoxy) is 1. The molecule has 6 heteroatoms. The first-order valence-electron chi connectivity index (χ1n) is 9.29. The van der Waals surface area contributed by atoms with Crippen LogP contribution >= 0.6 is 0 Å². The largest absolute Gasteiger partial charge is 0.497 e. The van der Waals surface area contributed by atoms with Crippen molar-refractivity contribution < 1.29 is 8.95 Å². The third-order valence-electron chi connectivity index (χ3n) is 4.55. The lowest BCUT2D eigenvalue weighted by Gasteiger charge is -2.19. The van der Waals surface area contributed by atoms with Crippen molar-refractivity contribution in [2.45, 2.75) is 20.8 Å². The smallest absolute Gasteiger partial charge is 0.120 e. The average molecular weight is 398 g/mol. The molecule has 0 N–H and O–H groups in total. The van der Waals surface area contributed by atoms with Crippen LogP contribution in [0.2, 0.25) is 0 Å². The summed E-state index contributed by atoms with van der Waals surface area (Å²) in [6, 6.07) is 15.9. The first-order chi connectivity index (χ1) is 13.5. The number of hydrogen-bond acceptors (Lipinski definition) is 3. The van der Waals surface area contributed by atoms with E-state index in [9.17, 15) is 9.47 Å². The lowest BCUT2D eigenvalue weighted by molar-refractivity contribution is 0.415. The molecule has 1 aromatic heterocycles. The van der Waals surface area contributed by atoms with E-state index in [1.807, 2.05) is 79.2 Å². The summed E-state index contributed by atoms with van der Waals surface area (Å²) in [5.41, 5.74) is 4.30. The predicted molar refractivity (Wildman–Crippen MR) is 118 cm³/mol. The fraction of sp³-hybridized carbons (Fsp3) is 0.318. The summed E-state index contributed by atoms with van der Waals surface area (Å²) in [7, 11) is 2.51. The van der Waals surface area contributed by atoms with Gasteiger partial charge in [0, 0.05) is 37.0 Å². The van der Waals surface area contributed by atoms with E-state index in [2.05, 4.69) is 6.07 Å². The summed E-state index contributed by atoms with van der Waals surface area (Å²) in [6.07, 6.45) is 1.67. The summed E-state index contributed by atoms with van der Waals surface area (Å²) >= 11 is 0. The van der Waals surface area contributed by atoms with Gasteiger partial charge in [-0.1, -0.05) is 26.0 Å². The predicted octanol–water partition coefficient (Wildman–Crippen LogP) is 4.87. The van der Waals surface area contributed by atoms with Crippen LogP contribution in [0.25, 0.3) is 22.2 Å². The number of methoxy groups -OCH3 is 1. The highest BCUT2D eigenvalue weighted by Gasteiger charge is 2.17. The summed E-state index contributed by atoms with van der Waals surface area (Å²) < 4.78 is 21.0. The van der Waals surface area contributed by atoms with Crippen molar-refractivity contribution in [3.63, 3.8) is 0 Å². The van der Waals surface area contributed by atoms with Crippen LogP contribution in [0.3, 0.4) is 0 Å². The van der Waals surface area contributed by atoms with Gasteiger partial charge in [-0.05, 0) is 36.8 Å². The summed E-state index contributed by atoms with van der Waals surface area (Å²) in [6.45, 7) is 6.64. The molecule has 3 rings (SSSR count). The van der Waals surface area contributed by atoms with E-state index in [4.69, 9.17) is 4.74 Å². The van der Waals surface area contributed by atoms with Gasteiger partial charge in [0.1, 0.15) is 22.8 Å². The van der Waals surface area contributed by atoms with Crippen molar-refractivity contribution in [1.29, 1.82) is 5.26 Å². The van der Waals surface area contributed by atoms with E-state index in [0.29, 0.717) is 12.1 Å². The van der Waals surface area contributed by atoms with Crippen LogP contribution < -0.4 is 9.04 Å². The molecule has 0 radical (unpaired) electrons. The number of rotatable bonds is 5. The quantitative estimate of drug-likeness (QED) is 0.617. The zero-order valence-corrected chi connectivity index (χ0v) is 18.1. The molecule has 0 bridgehead atoms. The van der Waals surface area contributed by atoms with E-state index in [1.54, 1.807) is 13.4 Å². The van der Waals surface area contributed by atoms with Crippen molar-refractivity contribution in [2.24, 2.45) is 7.05 Å². The van der Waals surface area contributed by atoms with Gasteiger partial charge in [-0.25, -0.2) is 4.21 Å². The normalized spacial score (nSPS) is 11.3. The maximum Gasteiger partial charge on any atom is 0.120 e. The zero-order chi connectivity index (χ0) is 20.8. The molecule has 1 unspecified atom stereocenters. The molecule has 148 valence electrons. The molecule has 0 amide bonds. The number of hydrogen-bond donors (Lipinski definition) is 0. The van der Waals surface area contributed by atoms with Crippen LogP contribution in [0, 0.1) is 11.3 Å². The van der Waals surface area contributed by atoms with E-state index in [-0.39, 0.29) is 0 Å². The number of nitriles is 1. The lowest BCUT2D eigenvalue weighted by Crippen LogP contribution is -2.23. The Balaban J connectivity index is 0.00000136. The van der Waals surface area contributed by atoms with E-state index >= 15 is 0 Å². The minimum absolute atomic E-state index is 0.643. The third kappa shape index (κ3) is 3.90. The third-order valence-corrected chi connectivity index (χ3v) is 5.64. The SMILES string of the molecule is CC.CCN(c1ccc(-c2c(C#N)c3ccc(OC)cc3n2C)cc1)S(C)=O. The Hall–Kier alpha value is -2.78. The van der Waals surface area contributed by atoms with Gasteiger partial charge in [0.05, 0.1) is 23.9 Å². The van der Waals surface area contributed by atoms with Gasteiger partial charge in [-0.15, -0.1) is 0 Å². The fourth-order valence-corrected chi connectivity index (χ4v) is 4.07. The van der Waals surface area contributed by atoms with Crippen molar-refractivity contribution >= 4 is 27.6 Å². The summed E-state index contributed by atoms with van der Waals surface area (Å²) in [4.78, 5) is 0. The molecule has 5 nitrogen and oxygen atoms in total. The zero-order valence-electron chi connectivity index (χ0n) is 17.3. The van der Waals surface area contributed by atoms with Crippen molar-refractivity contribution in [1.82, 2.24) is 4.57 Å². The lowest BCUT2D eigenvalue weighted by atomic mass is 10.1. The van der Waals surface area contributed by atoms with Crippen molar-refractivity contribution in [2.75, 3.05) is 24.2 Å². The summed E-state index contributed by atoms with van der Waals surface area (Å²) in [5, 5.41) is 10.6. The highest BCUT2D eigenvalue weighted by molar-refractivity contribution is 7.85. The maximum atomic E-state index is 11.8. The number of benzene rings is 2. The standard InChI is InChI=1S/C20H21N3O2S.C2H6/c1-5-23(26(4)24)15-8-6-14(7-9-15)20-18(13-21)17-11-10-16(25-3)12-19(17)22(20)2;1-2/h6-12H,5H2,1-4H3;1-2H3. The molecule has 0 saturated carbocycles. The molecule has 0 saturated heterocycles. The Labute approximate surface area is 169 Å². The van der Waals surface area contributed by atoms with Crippen molar-refractivity contribution in [3.05, 3.63) is 48.0 Å². The number of nitrogens with zero attached hydrogens (tertiary/aromatic N) is 3. The number of anilines is 1. The van der Waals surface area contributed by atoms with Crippen molar-refractivity contribution in [3.8, 4) is 23.1 Å². The van der Waals surface area contributed by atoms with Crippen LogP contribution in [0.1, 0.15) is 26.3 Å². The maximum absolute atomic E-state index is 11.8. The average Bonchev–Trinajstić information content (AvgIpc) is 3.01. The molecule has 0 fully saturated rings. The molecule has 28 heavy (non-hydrogen) atoms. The molecule has 0 aliphatic carbocycles. The monoisotopic (exact) mass is 397 g/mol. The molecule has 1 heterocycles. The first-order valence-corrected chi connectivity index (χ1v) is 10.8. The minimum atomic E-state index is -1.07. The minimum Gasteiger partial charge on any atom is -0.497 e. The Bertz CT molecular complexity index is 1020. The fourth-order valence-electron chi connectivity index (χ4n) is 3.29. The van der Waals surface area contributed by atoms with Crippen LogP contribution in [0.4, 0.5) is 5.69 Å². The highest BCUT2D eigenvalue weighted by Crippen LogP contribution is 2.35. The van der Waals surface area contributed by atoms with E-state index in [1.165, 1.54) is 0 Å². The van der Waals surface area contributed by atoms with Gasteiger partial charge in [0.15, 0.2) is 0 Å². The van der Waals surface area contributed by atoms with Gasteiger partial charge in [-0.3, -0.25) is 4.31 Å². The van der Waals surface area contributed by atoms with Gasteiger partial charge in [0.2, 0.25) is 0 Å². The Kier molecular flexibility index (Phi) is 7.24. The Morgan fingerprint density at radius 2 is 1.82 bits per heavy atom. The second kappa shape index (κ2) is 9.43. The highest BCUT2D eigenvalue weighted by atomic mass is 32.2.